The maximum absolute atomic E-state index is 12.2. The molecule has 5 heteroatoms. The number of aromatic nitrogens is 2. The Kier molecular flexibility index (Phi) is 3.74. The standard InChI is InChI=1S/C13H16N4O/c1-17(9-11-3-2-5-15-11)13(18)10-4-6-16-12(7-10)8-14/h2-7,15H,8-9,14H2,1H3. The normalized spacial score (nSPS) is 10.3. The van der Waals surface area contributed by atoms with Crippen LogP contribution < -0.4 is 5.73 Å². The second kappa shape index (κ2) is 5.46. The van der Waals surface area contributed by atoms with Gasteiger partial charge in [-0.1, -0.05) is 0 Å². The number of hydrogen-bond acceptors (Lipinski definition) is 3. The third-order valence-corrected chi connectivity index (χ3v) is 2.69. The zero-order valence-corrected chi connectivity index (χ0v) is 10.3. The summed E-state index contributed by atoms with van der Waals surface area (Å²) in [5.74, 6) is -0.0401. The molecule has 0 atom stereocenters. The first-order valence-corrected chi connectivity index (χ1v) is 5.73. The van der Waals surface area contributed by atoms with E-state index in [2.05, 4.69) is 9.97 Å². The number of H-pyrrole nitrogens is 1. The molecule has 18 heavy (non-hydrogen) atoms. The molecule has 0 fully saturated rings. The number of nitrogens with one attached hydrogen (secondary N) is 1. The maximum atomic E-state index is 12.2. The van der Waals surface area contributed by atoms with Crippen LogP contribution in [0.25, 0.3) is 0 Å². The lowest BCUT2D eigenvalue weighted by Crippen LogP contribution is -2.26. The number of pyridine rings is 1. The first kappa shape index (κ1) is 12.3. The summed E-state index contributed by atoms with van der Waals surface area (Å²) < 4.78 is 0. The third kappa shape index (κ3) is 2.75. The van der Waals surface area contributed by atoms with E-state index in [1.54, 1.807) is 30.3 Å². The highest BCUT2D eigenvalue weighted by molar-refractivity contribution is 5.94. The van der Waals surface area contributed by atoms with Crippen LogP contribution in [0.3, 0.4) is 0 Å². The van der Waals surface area contributed by atoms with Crippen LogP contribution in [0.4, 0.5) is 0 Å². The summed E-state index contributed by atoms with van der Waals surface area (Å²) in [5.41, 5.74) is 7.84. The zero-order chi connectivity index (χ0) is 13.0. The fourth-order valence-electron chi connectivity index (χ4n) is 1.74. The molecule has 0 aliphatic carbocycles. The molecule has 2 aromatic heterocycles. The fraction of sp³-hybridized carbons (Fsp3) is 0.231. The van der Waals surface area contributed by atoms with Gasteiger partial charge < -0.3 is 15.6 Å². The average molecular weight is 244 g/mol. The van der Waals surface area contributed by atoms with Gasteiger partial charge in [0.25, 0.3) is 5.91 Å². The van der Waals surface area contributed by atoms with Crippen LogP contribution in [0, 0.1) is 0 Å². The summed E-state index contributed by atoms with van der Waals surface area (Å²) in [7, 11) is 1.77. The Labute approximate surface area is 106 Å². The molecule has 1 amide bonds. The van der Waals surface area contributed by atoms with Crippen molar-refractivity contribution in [2.45, 2.75) is 13.1 Å². The van der Waals surface area contributed by atoms with Gasteiger partial charge >= 0.3 is 0 Å². The molecule has 3 N–H and O–H groups in total. The monoisotopic (exact) mass is 244 g/mol. The predicted molar refractivity (Wildman–Crippen MR) is 68.7 cm³/mol. The average Bonchev–Trinajstić information content (AvgIpc) is 2.90. The molecule has 2 heterocycles. The van der Waals surface area contributed by atoms with Gasteiger partial charge in [0.05, 0.1) is 12.2 Å². The highest BCUT2D eigenvalue weighted by Crippen LogP contribution is 2.08. The number of carbonyl (C=O) groups is 1. The molecule has 0 aliphatic heterocycles. The van der Waals surface area contributed by atoms with Crippen molar-refractivity contribution < 1.29 is 4.79 Å². The Morgan fingerprint density at radius 1 is 1.50 bits per heavy atom. The van der Waals surface area contributed by atoms with E-state index in [1.807, 2.05) is 18.3 Å². The minimum Gasteiger partial charge on any atom is -0.364 e. The highest BCUT2D eigenvalue weighted by Gasteiger charge is 2.12. The summed E-state index contributed by atoms with van der Waals surface area (Å²) in [4.78, 5) is 21.0. The number of hydrogen-bond donors (Lipinski definition) is 2. The van der Waals surface area contributed by atoms with Crippen LogP contribution in [0.1, 0.15) is 21.7 Å². The number of nitrogens with two attached hydrogens (primary N) is 1. The van der Waals surface area contributed by atoms with E-state index in [0.717, 1.165) is 5.69 Å². The smallest absolute Gasteiger partial charge is 0.254 e. The Balaban J connectivity index is 2.10. The van der Waals surface area contributed by atoms with E-state index < -0.39 is 0 Å². The van der Waals surface area contributed by atoms with E-state index in [4.69, 9.17) is 5.73 Å². The molecule has 2 aromatic rings. The maximum Gasteiger partial charge on any atom is 0.254 e. The number of nitrogens with zero attached hydrogens (tertiary/aromatic N) is 2. The largest absolute Gasteiger partial charge is 0.364 e. The van der Waals surface area contributed by atoms with Crippen LogP contribution in [0.5, 0.6) is 0 Å². The molecular formula is C13H16N4O. The minimum atomic E-state index is -0.0401. The van der Waals surface area contributed by atoms with Gasteiger partial charge in [-0.05, 0) is 24.3 Å². The second-order valence-electron chi connectivity index (χ2n) is 4.10. The summed E-state index contributed by atoms with van der Waals surface area (Å²) in [6.07, 6.45) is 3.45. The molecule has 0 aromatic carbocycles. The number of carbonyl (C=O) groups excluding carboxylic acids is 1. The molecule has 0 aliphatic rings. The van der Waals surface area contributed by atoms with Gasteiger partial charge in [0.15, 0.2) is 0 Å². The summed E-state index contributed by atoms with van der Waals surface area (Å²) in [6, 6.07) is 7.29. The lowest BCUT2D eigenvalue weighted by molar-refractivity contribution is 0.0783. The van der Waals surface area contributed by atoms with Crippen molar-refractivity contribution in [2.75, 3.05) is 7.05 Å². The molecule has 2 rings (SSSR count). The first-order chi connectivity index (χ1) is 8.70. The van der Waals surface area contributed by atoms with E-state index in [1.165, 1.54) is 0 Å². The Bertz CT molecular complexity index is 522. The number of amides is 1. The van der Waals surface area contributed by atoms with Gasteiger partial charge in [-0.2, -0.15) is 0 Å². The molecule has 0 saturated carbocycles. The number of aromatic amines is 1. The van der Waals surface area contributed by atoms with Crippen LogP contribution in [0.15, 0.2) is 36.7 Å². The van der Waals surface area contributed by atoms with Gasteiger partial charge in [-0.25, -0.2) is 0 Å². The topological polar surface area (TPSA) is 75.0 Å². The highest BCUT2D eigenvalue weighted by atomic mass is 16.2. The molecule has 94 valence electrons. The molecule has 5 nitrogen and oxygen atoms in total. The Morgan fingerprint density at radius 2 is 2.33 bits per heavy atom. The predicted octanol–water partition coefficient (Wildman–Crippen LogP) is 1.14. The lowest BCUT2D eigenvalue weighted by atomic mass is 10.2. The van der Waals surface area contributed by atoms with Crippen molar-refractivity contribution in [3.8, 4) is 0 Å². The molecule has 0 spiro atoms. The van der Waals surface area contributed by atoms with Crippen molar-refractivity contribution in [1.29, 1.82) is 0 Å². The van der Waals surface area contributed by atoms with Crippen molar-refractivity contribution in [3.05, 3.63) is 53.6 Å². The van der Waals surface area contributed by atoms with Crippen molar-refractivity contribution in [1.82, 2.24) is 14.9 Å². The summed E-state index contributed by atoms with van der Waals surface area (Å²) in [6.45, 7) is 0.883. The van der Waals surface area contributed by atoms with Gasteiger partial charge in [0.1, 0.15) is 0 Å². The molecule has 0 bridgehead atoms. The molecule has 0 saturated heterocycles. The number of rotatable bonds is 4. The molecule has 0 radical (unpaired) electrons. The molecule has 0 unspecified atom stereocenters. The van der Waals surface area contributed by atoms with Crippen LogP contribution in [-0.4, -0.2) is 27.8 Å². The Morgan fingerprint density at radius 3 is 3.00 bits per heavy atom. The van der Waals surface area contributed by atoms with Crippen LogP contribution in [0.2, 0.25) is 0 Å². The third-order valence-electron chi connectivity index (χ3n) is 2.69. The van der Waals surface area contributed by atoms with Crippen molar-refractivity contribution in [3.63, 3.8) is 0 Å². The van der Waals surface area contributed by atoms with Crippen LogP contribution in [-0.2, 0) is 13.1 Å². The SMILES string of the molecule is CN(Cc1ccc[nH]1)C(=O)c1ccnc(CN)c1. The van der Waals surface area contributed by atoms with E-state index >= 15 is 0 Å². The summed E-state index contributed by atoms with van der Waals surface area (Å²) in [5, 5.41) is 0. The van der Waals surface area contributed by atoms with Gasteiger partial charge in [-0.3, -0.25) is 9.78 Å². The van der Waals surface area contributed by atoms with Crippen molar-refractivity contribution >= 4 is 5.91 Å². The fourth-order valence-corrected chi connectivity index (χ4v) is 1.74. The molecular weight excluding hydrogens is 228 g/mol. The van der Waals surface area contributed by atoms with E-state index in [0.29, 0.717) is 24.3 Å². The summed E-state index contributed by atoms with van der Waals surface area (Å²) >= 11 is 0. The Hall–Kier alpha value is -2.14. The first-order valence-electron chi connectivity index (χ1n) is 5.73. The van der Waals surface area contributed by atoms with Crippen molar-refractivity contribution in [2.24, 2.45) is 5.73 Å². The second-order valence-corrected chi connectivity index (χ2v) is 4.10. The van der Waals surface area contributed by atoms with Crippen LogP contribution >= 0.6 is 0 Å². The quantitative estimate of drug-likeness (QED) is 0.847. The minimum absolute atomic E-state index is 0.0401. The van der Waals surface area contributed by atoms with E-state index in [9.17, 15) is 4.79 Å². The lowest BCUT2D eigenvalue weighted by Gasteiger charge is -2.16. The zero-order valence-electron chi connectivity index (χ0n) is 10.3. The van der Waals surface area contributed by atoms with Gasteiger partial charge in [-0.15, -0.1) is 0 Å². The van der Waals surface area contributed by atoms with Gasteiger partial charge in [0.2, 0.25) is 0 Å². The van der Waals surface area contributed by atoms with Gasteiger partial charge in [0, 0.05) is 37.2 Å². The van der Waals surface area contributed by atoms with E-state index in [-0.39, 0.29) is 5.91 Å².